The molecule has 0 amide bonds. The van der Waals surface area contributed by atoms with Gasteiger partial charge in [-0.2, -0.15) is 0 Å². The highest BCUT2D eigenvalue weighted by molar-refractivity contribution is 6.23. The molecule has 0 atom stereocenters. The van der Waals surface area contributed by atoms with Gasteiger partial charge in [0.05, 0.1) is 39.4 Å². The Morgan fingerprint density at radius 2 is 0.907 bits per heavy atom. The van der Waals surface area contributed by atoms with Crippen LogP contribution in [0, 0.1) is 27.7 Å². The number of fused-ring (bicyclic) bond motifs is 11. The lowest BCUT2D eigenvalue weighted by molar-refractivity contribution is 0.669. The molecule has 3 heterocycles. The first kappa shape index (κ1) is 44.3. The quantitative estimate of drug-likeness (QED) is 0.144. The van der Waals surface area contributed by atoms with Gasteiger partial charge in [-0.15, -0.1) is 0 Å². The number of benzene rings is 10. The minimum absolute atomic E-state index is 0.825. The fourth-order valence-electron chi connectivity index (χ4n) is 12.6. The average molecular weight is 965 g/mol. The van der Waals surface area contributed by atoms with Gasteiger partial charge in [0.15, 0.2) is 0 Å². The number of para-hydroxylation sites is 5. The molecule has 0 aliphatic heterocycles. The van der Waals surface area contributed by atoms with Crippen LogP contribution in [0.3, 0.4) is 0 Å². The van der Waals surface area contributed by atoms with E-state index in [2.05, 4.69) is 273 Å². The maximum Gasteiger partial charge on any atom is 0.143 e. The van der Waals surface area contributed by atoms with Crippen LogP contribution in [0.4, 0.5) is 34.1 Å². The first-order valence-corrected chi connectivity index (χ1v) is 25.9. The Labute approximate surface area is 436 Å². The van der Waals surface area contributed by atoms with Gasteiger partial charge in [-0.05, 0) is 133 Å². The Morgan fingerprint density at radius 1 is 0.413 bits per heavy atom. The van der Waals surface area contributed by atoms with Crippen LogP contribution in [-0.4, -0.2) is 9.55 Å². The minimum atomic E-state index is -0.839. The zero-order valence-corrected chi connectivity index (χ0v) is 42.3. The Balaban J connectivity index is 1.23. The van der Waals surface area contributed by atoms with Crippen molar-refractivity contribution in [1.82, 2.24) is 9.55 Å². The first-order valence-electron chi connectivity index (χ1n) is 25.9. The second-order valence-electron chi connectivity index (χ2n) is 20.0. The van der Waals surface area contributed by atoms with E-state index in [0.717, 1.165) is 106 Å². The number of pyridine rings is 1. The molecular formula is C70H52N4O. The molecule has 13 aromatic rings. The van der Waals surface area contributed by atoms with E-state index in [0.29, 0.717) is 0 Å². The van der Waals surface area contributed by atoms with Gasteiger partial charge in [-0.3, -0.25) is 4.98 Å². The lowest BCUT2D eigenvalue weighted by atomic mass is 9.66. The molecule has 10 aromatic carbocycles. The Hall–Kier alpha value is -9.45. The number of rotatable bonds is 9. The molecule has 75 heavy (non-hydrogen) atoms. The Morgan fingerprint density at radius 3 is 1.45 bits per heavy atom. The molecule has 0 bridgehead atoms. The molecule has 0 saturated heterocycles. The van der Waals surface area contributed by atoms with Crippen molar-refractivity contribution in [3.8, 4) is 16.8 Å². The zero-order chi connectivity index (χ0) is 50.4. The molecule has 358 valence electrons. The molecule has 0 spiro atoms. The van der Waals surface area contributed by atoms with Gasteiger partial charge in [0.2, 0.25) is 0 Å². The Kier molecular flexibility index (Phi) is 10.2. The van der Waals surface area contributed by atoms with E-state index in [4.69, 9.17) is 9.40 Å². The molecule has 1 aliphatic rings. The van der Waals surface area contributed by atoms with Crippen LogP contribution in [0.5, 0.6) is 0 Å². The topological polar surface area (TPSA) is 37.4 Å². The van der Waals surface area contributed by atoms with Crippen molar-refractivity contribution >= 4 is 77.9 Å². The van der Waals surface area contributed by atoms with Crippen molar-refractivity contribution in [3.63, 3.8) is 0 Å². The van der Waals surface area contributed by atoms with Crippen molar-refractivity contribution in [3.05, 3.63) is 287 Å². The summed E-state index contributed by atoms with van der Waals surface area (Å²) in [5.41, 5.74) is 22.2. The van der Waals surface area contributed by atoms with E-state index >= 15 is 0 Å². The number of aromatic nitrogens is 2. The molecule has 0 unspecified atom stereocenters. The summed E-state index contributed by atoms with van der Waals surface area (Å²) in [6.45, 7) is 8.86. The predicted octanol–water partition coefficient (Wildman–Crippen LogP) is 18.6. The summed E-state index contributed by atoms with van der Waals surface area (Å²) in [6, 6.07) is 84.1. The standard InChI is InChI=1S/C70H52N4O/c1-45-23-14-18-33-55(45)73(56-34-19-15-24-46(56)2)59-37-22-38-63-64(59)53-39-40-54-66(69(53)75-63)67-61(74(57-35-20-16-25-47(57)3)58-36-21-17-26-48(58)4)43-60-65(52-41-42-71-44-62(52)72(60)51-31-12-7-13-32-51)68(67)70(54,49-27-8-5-9-28-49)50-29-10-6-11-30-50/h5-44H,1-4H3. The van der Waals surface area contributed by atoms with E-state index in [-0.39, 0.29) is 0 Å². The monoisotopic (exact) mass is 964 g/mol. The fraction of sp³-hybridized carbons (Fsp3) is 0.0714. The molecule has 0 saturated carbocycles. The third-order valence-corrected chi connectivity index (χ3v) is 15.8. The second kappa shape index (κ2) is 17.4. The van der Waals surface area contributed by atoms with Gasteiger partial charge in [0.1, 0.15) is 11.2 Å². The van der Waals surface area contributed by atoms with Gasteiger partial charge in [0.25, 0.3) is 0 Å². The summed E-state index contributed by atoms with van der Waals surface area (Å²) in [7, 11) is 0. The van der Waals surface area contributed by atoms with Crippen LogP contribution < -0.4 is 9.80 Å². The fourth-order valence-corrected chi connectivity index (χ4v) is 12.6. The minimum Gasteiger partial charge on any atom is -0.455 e. The second-order valence-corrected chi connectivity index (χ2v) is 20.0. The van der Waals surface area contributed by atoms with E-state index in [1.807, 2.05) is 12.4 Å². The summed E-state index contributed by atoms with van der Waals surface area (Å²) < 4.78 is 10.1. The third kappa shape index (κ3) is 6.54. The van der Waals surface area contributed by atoms with Gasteiger partial charge >= 0.3 is 0 Å². The van der Waals surface area contributed by atoms with E-state index < -0.39 is 5.41 Å². The van der Waals surface area contributed by atoms with E-state index in [1.54, 1.807) is 0 Å². The molecule has 14 rings (SSSR count). The smallest absolute Gasteiger partial charge is 0.143 e. The molecule has 1 aliphatic carbocycles. The predicted molar refractivity (Wildman–Crippen MR) is 311 cm³/mol. The zero-order valence-electron chi connectivity index (χ0n) is 42.3. The normalized spacial score (nSPS) is 12.6. The van der Waals surface area contributed by atoms with Crippen LogP contribution in [0.25, 0.3) is 60.6 Å². The highest BCUT2D eigenvalue weighted by Gasteiger charge is 2.51. The summed E-state index contributed by atoms with van der Waals surface area (Å²) in [5, 5.41) is 4.41. The highest BCUT2D eigenvalue weighted by atomic mass is 16.3. The van der Waals surface area contributed by atoms with Crippen LogP contribution in [0.1, 0.15) is 44.5 Å². The van der Waals surface area contributed by atoms with E-state index in [1.165, 1.54) is 33.2 Å². The van der Waals surface area contributed by atoms with Gasteiger partial charge < -0.3 is 18.8 Å². The van der Waals surface area contributed by atoms with E-state index in [9.17, 15) is 0 Å². The molecule has 5 heteroatoms. The number of aryl methyl sites for hydroxylation is 4. The summed E-state index contributed by atoms with van der Waals surface area (Å²) in [5.74, 6) is 0. The summed E-state index contributed by atoms with van der Waals surface area (Å²) in [6.07, 6.45) is 3.99. The largest absolute Gasteiger partial charge is 0.455 e. The lowest BCUT2D eigenvalue weighted by Crippen LogP contribution is -2.29. The maximum absolute atomic E-state index is 7.65. The van der Waals surface area contributed by atoms with Gasteiger partial charge in [0, 0.05) is 61.9 Å². The number of hydrogen-bond donors (Lipinski definition) is 0. The number of nitrogens with zero attached hydrogens (tertiary/aromatic N) is 4. The molecule has 0 N–H and O–H groups in total. The van der Waals surface area contributed by atoms with Crippen LogP contribution >= 0.6 is 0 Å². The maximum atomic E-state index is 7.65. The molecule has 0 fully saturated rings. The molecule has 3 aromatic heterocycles. The number of hydrogen-bond acceptors (Lipinski definition) is 4. The highest BCUT2D eigenvalue weighted by Crippen LogP contribution is 2.65. The summed E-state index contributed by atoms with van der Waals surface area (Å²) >= 11 is 0. The Bertz CT molecular complexity index is 4230. The van der Waals surface area contributed by atoms with Crippen LogP contribution in [-0.2, 0) is 5.41 Å². The lowest BCUT2D eigenvalue weighted by Gasteiger charge is -2.35. The molecule has 5 nitrogen and oxygen atoms in total. The van der Waals surface area contributed by atoms with Crippen molar-refractivity contribution in [1.29, 1.82) is 0 Å². The first-order chi connectivity index (χ1) is 36.9. The van der Waals surface area contributed by atoms with Crippen molar-refractivity contribution in [2.24, 2.45) is 0 Å². The van der Waals surface area contributed by atoms with Crippen LogP contribution in [0.2, 0.25) is 0 Å². The van der Waals surface area contributed by atoms with Crippen molar-refractivity contribution in [2.75, 3.05) is 9.80 Å². The van der Waals surface area contributed by atoms with Crippen molar-refractivity contribution in [2.45, 2.75) is 33.1 Å². The number of anilines is 6. The number of furan rings is 1. The van der Waals surface area contributed by atoms with Gasteiger partial charge in [-0.1, -0.05) is 170 Å². The third-order valence-electron chi connectivity index (χ3n) is 15.8. The van der Waals surface area contributed by atoms with Crippen molar-refractivity contribution < 1.29 is 4.42 Å². The SMILES string of the molecule is Cc1ccccc1N(c1ccccc1C)c1cc2c(c3c1-c1c(ccc4c1oc1cccc(N(c5ccccc5C)c5ccccc5C)c14)C3(c1ccccc1)c1ccccc1)c1ccncc1n2-c1ccccc1. The molecule has 0 radical (unpaired) electrons. The van der Waals surface area contributed by atoms with Crippen LogP contribution in [0.15, 0.2) is 247 Å². The summed E-state index contributed by atoms with van der Waals surface area (Å²) in [4.78, 5) is 9.80. The molecular weight excluding hydrogens is 913 g/mol. The van der Waals surface area contributed by atoms with Gasteiger partial charge in [-0.25, -0.2) is 0 Å². The average Bonchev–Trinajstić information content (AvgIpc) is 4.17.